The Balaban J connectivity index is 2.30. The van der Waals surface area contributed by atoms with Crippen molar-refractivity contribution < 1.29 is 0 Å². The SMILES string of the molecule is Cc1ncc(C(C)(C#N)Cc2ccccc2)[nH]1. The molecule has 0 bridgehead atoms. The molecular weight excluding hydrogens is 210 g/mol. The number of aromatic amines is 1. The Morgan fingerprint density at radius 1 is 1.35 bits per heavy atom. The molecule has 3 heteroatoms. The van der Waals surface area contributed by atoms with Crippen molar-refractivity contribution in [3.63, 3.8) is 0 Å². The number of imidazole rings is 1. The minimum Gasteiger partial charge on any atom is -0.345 e. The summed E-state index contributed by atoms with van der Waals surface area (Å²) < 4.78 is 0. The van der Waals surface area contributed by atoms with Crippen molar-refractivity contribution in [2.45, 2.75) is 25.7 Å². The fourth-order valence-electron chi connectivity index (χ4n) is 1.90. The number of hydrogen-bond acceptors (Lipinski definition) is 2. The number of aromatic nitrogens is 2. The molecule has 1 heterocycles. The number of nitrogens with zero attached hydrogens (tertiary/aromatic N) is 2. The second-order valence-electron chi connectivity index (χ2n) is 4.49. The highest BCUT2D eigenvalue weighted by molar-refractivity contribution is 5.29. The lowest BCUT2D eigenvalue weighted by Crippen LogP contribution is -2.23. The third kappa shape index (κ3) is 2.36. The summed E-state index contributed by atoms with van der Waals surface area (Å²) in [5.74, 6) is 0.842. The molecule has 0 saturated heterocycles. The molecule has 2 rings (SSSR count). The Bertz CT molecular complexity index is 536. The van der Waals surface area contributed by atoms with Crippen LogP contribution >= 0.6 is 0 Å². The molecule has 0 aliphatic rings. The molecule has 0 fully saturated rings. The summed E-state index contributed by atoms with van der Waals surface area (Å²) in [4.78, 5) is 7.32. The largest absolute Gasteiger partial charge is 0.345 e. The van der Waals surface area contributed by atoms with Gasteiger partial charge in [-0.25, -0.2) is 4.98 Å². The maximum Gasteiger partial charge on any atom is 0.103 e. The van der Waals surface area contributed by atoms with E-state index >= 15 is 0 Å². The standard InChI is InChI=1S/C14H15N3/c1-11-16-9-13(17-11)14(2,10-15)8-12-6-4-3-5-7-12/h3-7,9H,8H2,1-2H3,(H,16,17). The average Bonchev–Trinajstić information content (AvgIpc) is 2.78. The zero-order chi connectivity index (χ0) is 12.3. The van der Waals surface area contributed by atoms with E-state index in [9.17, 15) is 5.26 Å². The average molecular weight is 225 g/mol. The van der Waals surface area contributed by atoms with E-state index in [-0.39, 0.29) is 0 Å². The smallest absolute Gasteiger partial charge is 0.103 e. The lowest BCUT2D eigenvalue weighted by atomic mass is 9.82. The highest BCUT2D eigenvalue weighted by atomic mass is 14.9. The van der Waals surface area contributed by atoms with E-state index < -0.39 is 5.41 Å². The maximum absolute atomic E-state index is 9.41. The van der Waals surface area contributed by atoms with Crippen molar-refractivity contribution >= 4 is 0 Å². The number of nitrogens with one attached hydrogen (secondary N) is 1. The van der Waals surface area contributed by atoms with Crippen molar-refractivity contribution in [2.75, 3.05) is 0 Å². The topological polar surface area (TPSA) is 52.5 Å². The van der Waals surface area contributed by atoms with Crippen LogP contribution in [-0.2, 0) is 11.8 Å². The second-order valence-corrected chi connectivity index (χ2v) is 4.49. The Labute approximate surface area is 101 Å². The van der Waals surface area contributed by atoms with E-state index in [1.54, 1.807) is 6.20 Å². The van der Waals surface area contributed by atoms with E-state index in [2.05, 4.69) is 16.0 Å². The molecule has 1 atom stereocenters. The van der Waals surface area contributed by atoms with Gasteiger partial charge in [0.15, 0.2) is 0 Å². The second kappa shape index (κ2) is 4.42. The fraction of sp³-hybridized carbons (Fsp3) is 0.286. The van der Waals surface area contributed by atoms with Crippen molar-refractivity contribution in [1.82, 2.24) is 9.97 Å². The third-order valence-corrected chi connectivity index (χ3v) is 2.94. The number of rotatable bonds is 3. The summed E-state index contributed by atoms with van der Waals surface area (Å²) in [6.07, 6.45) is 2.44. The molecule has 17 heavy (non-hydrogen) atoms. The van der Waals surface area contributed by atoms with Crippen molar-refractivity contribution in [1.29, 1.82) is 5.26 Å². The summed E-state index contributed by atoms with van der Waals surface area (Å²) in [5.41, 5.74) is 1.48. The van der Waals surface area contributed by atoms with Crippen LogP contribution < -0.4 is 0 Å². The van der Waals surface area contributed by atoms with Gasteiger partial charge in [-0.05, 0) is 25.8 Å². The van der Waals surface area contributed by atoms with E-state index in [1.807, 2.05) is 44.2 Å². The van der Waals surface area contributed by atoms with Crippen LogP contribution in [-0.4, -0.2) is 9.97 Å². The van der Waals surface area contributed by atoms with Crippen LogP contribution in [0.5, 0.6) is 0 Å². The zero-order valence-electron chi connectivity index (χ0n) is 10.1. The molecule has 0 aliphatic carbocycles. The fourth-order valence-corrected chi connectivity index (χ4v) is 1.90. The van der Waals surface area contributed by atoms with Gasteiger partial charge in [0.2, 0.25) is 0 Å². The van der Waals surface area contributed by atoms with Gasteiger partial charge in [-0.1, -0.05) is 30.3 Å². The molecule has 1 N–H and O–H groups in total. The molecule has 86 valence electrons. The molecule has 0 amide bonds. The number of aryl methyl sites for hydroxylation is 1. The van der Waals surface area contributed by atoms with Gasteiger partial charge in [-0.3, -0.25) is 0 Å². The van der Waals surface area contributed by atoms with E-state index in [1.165, 1.54) is 0 Å². The van der Waals surface area contributed by atoms with Gasteiger partial charge < -0.3 is 4.98 Å². The summed E-state index contributed by atoms with van der Waals surface area (Å²) in [7, 11) is 0. The molecule has 1 unspecified atom stereocenters. The molecule has 0 aliphatic heterocycles. The molecule has 2 aromatic rings. The number of nitriles is 1. The Morgan fingerprint density at radius 3 is 2.59 bits per heavy atom. The highest BCUT2D eigenvalue weighted by Crippen LogP contribution is 2.26. The van der Waals surface area contributed by atoms with E-state index in [0.29, 0.717) is 6.42 Å². The van der Waals surface area contributed by atoms with Gasteiger partial charge in [-0.2, -0.15) is 5.26 Å². The van der Waals surface area contributed by atoms with Gasteiger partial charge in [-0.15, -0.1) is 0 Å². The number of H-pyrrole nitrogens is 1. The first kappa shape index (κ1) is 11.4. The predicted octanol–water partition coefficient (Wildman–Crippen LogP) is 2.74. The minimum atomic E-state index is -0.553. The molecule has 1 aromatic heterocycles. The molecule has 0 radical (unpaired) electrons. The van der Waals surface area contributed by atoms with Crippen molar-refractivity contribution in [3.05, 3.63) is 53.6 Å². The van der Waals surface area contributed by atoms with Gasteiger partial charge in [0.05, 0.1) is 17.2 Å². The lowest BCUT2D eigenvalue weighted by Gasteiger charge is -2.19. The van der Waals surface area contributed by atoms with Crippen LogP contribution in [0.25, 0.3) is 0 Å². The van der Waals surface area contributed by atoms with E-state index in [4.69, 9.17) is 0 Å². The minimum absolute atomic E-state index is 0.553. The van der Waals surface area contributed by atoms with Gasteiger partial charge >= 0.3 is 0 Å². The summed E-state index contributed by atoms with van der Waals surface area (Å²) in [6.45, 7) is 3.83. The molecule has 0 spiro atoms. The first-order valence-corrected chi connectivity index (χ1v) is 5.61. The predicted molar refractivity (Wildman–Crippen MR) is 66.4 cm³/mol. The molecule has 3 nitrogen and oxygen atoms in total. The summed E-state index contributed by atoms with van der Waals surface area (Å²) in [5, 5.41) is 9.41. The molecule has 1 aromatic carbocycles. The number of hydrogen-bond donors (Lipinski definition) is 1. The maximum atomic E-state index is 9.41. The normalized spacial score (nSPS) is 13.9. The van der Waals surface area contributed by atoms with Gasteiger partial charge in [0.1, 0.15) is 5.82 Å². The van der Waals surface area contributed by atoms with Crippen LogP contribution in [0.2, 0.25) is 0 Å². The Morgan fingerprint density at radius 2 is 2.06 bits per heavy atom. The van der Waals surface area contributed by atoms with Gasteiger partial charge in [0.25, 0.3) is 0 Å². The monoisotopic (exact) mass is 225 g/mol. The number of benzene rings is 1. The first-order valence-electron chi connectivity index (χ1n) is 5.61. The summed E-state index contributed by atoms with van der Waals surface area (Å²) >= 11 is 0. The molecule has 0 saturated carbocycles. The van der Waals surface area contributed by atoms with Crippen LogP contribution in [0.1, 0.15) is 24.0 Å². The lowest BCUT2D eigenvalue weighted by molar-refractivity contribution is 0.588. The van der Waals surface area contributed by atoms with Crippen molar-refractivity contribution in [3.8, 4) is 6.07 Å². The quantitative estimate of drug-likeness (QED) is 0.873. The van der Waals surface area contributed by atoms with Crippen LogP contribution in [0.15, 0.2) is 36.5 Å². The summed E-state index contributed by atoms with van der Waals surface area (Å²) in [6, 6.07) is 12.4. The third-order valence-electron chi connectivity index (χ3n) is 2.94. The molecular formula is C14H15N3. The van der Waals surface area contributed by atoms with E-state index in [0.717, 1.165) is 17.1 Å². The highest BCUT2D eigenvalue weighted by Gasteiger charge is 2.28. The Hall–Kier alpha value is -2.08. The Kier molecular flexibility index (Phi) is 2.97. The van der Waals surface area contributed by atoms with Crippen LogP contribution in [0.4, 0.5) is 0 Å². The van der Waals surface area contributed by atoms with Crippen molar-refractivity contribution in [2.24, 2.45) is 0 Å². The zero-order valence-corrected chi connectivity index (χ0v) is 10.1. The van der Waals surface area contributed by atoms with Crippen LogP contribution in [0.3, 0.4) is 0 Å². The van der Waals surface area contributed by atoms with Gasteiger partial charge in [0, 0.05) is 6.20 Å². The first-order chi connectivity index (χ1) is 8.14. The van der Waals surface area contributed by atoms with Crippen LogP contribution in [0, 0.1) is 18.3 Å².